The second kappa shape index (κ2) is 7.65. The number of halogens is 3. The third kappa shape index (κ3) is 6.20. The van der Waals surface area contributed by atoms with Gasteiger partial charge in [0.1, 0.15) is 5.75 Å². The summed E-state index contributed by atoms with van der Waals surface area (Å²) in [5.41, 5.74) is 5.03. The molecule has 0 aliphatic rings. The Hall–Kier alpha value is -0.880. The smallest absolute Gasteiger partial charge is 0.416 e. The zero-order valence-corrected chi connectivity index (χ0v) is 11.4. The lowest BCUT2D eigenvalue weighted by molar-refractivity contribution is -0.137. The molecule has 0 saturated carbocycles. The van der Waals surface area contributed by atoms with Gasteiger partial charge >= 0.3 is 6.18 Å². The molecule has 108 valence electrons. The molecule has 1 unspecified atom stereocenters. The van der Waals surface area contributed by atoms with Crippen LogP contribution in [0.15, 0.2) is 24.3 Å². The highest BCUT2D eigenvalue weighted by Gasteiger charge is 2.29. The van der Waals surface area contributed by atoms with Crippen molar-refractivity contribution in [2.24, 2.45) is 5.73 Å². The average Bonchev–Trinajstić information content (AvgIpc) is 2.37. The van der Waals surface area contributed by atoms with Gasteiger partial charge in [-0.25, -0.2) is 0 Å². The first-order valence-corrected chi connectivity index (χ1v) is 6.73. The molecule has 0 aliphatic heterocycles. The molecule has 0 bridgehead atoms. The molecule has 0 aromatic heterocycles. The fraction of sp³-hybridized carbons (Fsp3) is 0.538. The maximum Gasteiger partial charge on any atom is 0.416 e. The largest absolute Gasteiger partial charge is 0.494 e. The minimum Gasteiger partial charge on any atom is -0.494 e. The van der Waals surface area contributed by atoms with Crippen LogP contribution in [0, 0.1) is 0 Å². The van der Waals surface area contributed by atoms with Gasteiger partial charge in [0.2, 0.25) is 0 Å². The van der Waals surface area contributed by atoms with Crippen molar-refractivity contribution in [1.29, 1.82) is 0 Å². The molecule has 2 nitrogen and oxygen atoms in total. The van der Waals surface area contributed by atoms with E-state index in [1.807, 2.05) is 0 Å². The zero-order valence-electron chi connectivity index (χ0n) is 10.5. The van der Waals surface area contributed by atoms with Crippen LogP contribution in [0.3, 0.4) is 0 Å². The highest BCUT2D eigenvalue weighted by Crippen LogP contribution is 2.30. The van der Waals surface area contributed by atoms with Gasteiger partial charge in [0.25, 0.3) is 0 Å². The van der Waals surface area contributed by atoms with Gasteiger partial charge in [-0.05, 0) is 43.5 Å². The molecule has 19 heavy (non-hydrogen) atoms. The van der Waals surface area contributed by atoms with Crippen LogP contribution in [0.2, 0.25) is 0 Å². The molecule has 1 aromatic carbocycles. The quantitative estimate of drug-likeness (QED) is 0.596. The fourth-order valence-electron chi connectivity index (χ4n) is 1.53. The summed E-state index contributed by atoms with van der Waals surface area (Å²) < 4.78 is 42.3. The van der Waals surface area contributed by atoms with Gasteiger partial charge in [0.05, 0.1) is 12.2 Å². The highest BCUT2D eigenvalue weighted by atomic mass is 32.1. The molecule has 0 spiro atoms. The summed E-state index contributed by atoms with van der Waals surface area (Å²) in [5.74, 6) is 1.10. The van der Waals surface area contributed by atoms with Crippen molar-refractivity contribution < 1.29 is 17.9 Å². The van der Waals surface area contributed by atoms with E-state index >= 15 is 0 Å². The van der Waals surface area contributed by atoms with E-state index in [0.717, 1.165) is 31.4 Å². The van der Waals surface area contributed by atoms with Crippen LogP contribution < -0.4 is 10.5 Å². The van der Waals surface area contributed by atoms with Gasteiger partial charge in [0, 0.05) is 11.8 Å². The first-order chi connectivity index (χ1) is 8.93. The Bertz CT molecular complexity index is 367. The molecule has 1 atom stereocenters. The van der Waals surface area contributed by atoms with E-state index in [1.54, 1.807) is 0 Å². The van der Waals surface area contributed by atoms with E-state index in [1.165, 1.54) is 12.1 Å². The molecule has 1 rings (SSSR count). The molecule has 0 aliphatic carbocycles. The lowest BCUT2D eigenvalue weighted by Gasteiger charge is -2.10. The SMILES string of the molecule is NC(CS)CCCCOc1ccc(C(F)(F)F)cc1. The minimum atomic E-state index is -4.30. The highest BCUT2D eigenvalue weighted by molar-refractivity contribution is 7.80. The van der Waals surface area contributed by atoms with Crippen molar-refractivity contribution in [3.05, 3.63) is 29.8 Å². The first kappa shape index (κ1) is 16.2. The summed E-state index contributed by atoms with van der Waals surface area (Å²) in [5, 5.41) is 0. The molecule has 1 aromatic rings. The van der Waals surface area contributed by atoms with Crippen molar-refractivity contribution in [2.45, 2.75) is 31.5 Å². The predicted octanol–water partition coefficient (Wildman–Crippen LogP) is 3.51. The average molecular weight is 293 g/mol. The molecule has 0 fully saturated rings. The normalized spacial score (nSPS) is 13.3. The monoisotopic (exact) mass is 293 g/mol. The maximum atomic E-state index is 12.3. The van der Waals surface area contributed by atoms with E-state index in [4.69, 9.17) is 10.5 Å². The molecule has 0 radical (unpaired) electrons. The van der Waals surface area contributed by atoms with Crippen LogP contribution in [0.5, 0.6) is 5.75 Å². The maximum absolute atomic E-state index is 12.3. The number of thiol groups is 1. The van der Waals surface area contributed by atoms with Crippen molar-refractivity contribution in [2.75, 3.05) is 12.4 Å². The summed E-state index contributed by atoms with van der Waals surface area (Å²) in [7, 11) is 0. The van der Waals surface area contributed by atoms with Crippen molar-refractivity contribution >= 4 is 12.6 Å². The van der Waals surface area contributed by atoms with Gasteiger partial charge < -0.3 is 10.5 Å². The van der Waals surface area contributed by atoms with Crippen LogP contribution in [-0.4, -0.2) is 18.4 Å². The summed E-state index contributed by atoms with van der Waals surface area (Å²) in [4.78, 5) is 0. The Balaban J connectivity index is 2.27. The van der Waals surface area contributed by atoms with Crippen molar-refractivity contribution in [1.82, 2.24) is 0 Å². The minimum absolute atomic E-state index is 0.0920. The lowest BCUT2D eigenvalue weighted by atomic mass is 10.1. The number of unbranched alkanes of at least 4 members (excludes halogenated alkanes) is 1. The van der Waals surface area contributed by atoms with E-state index in [-0.39, 0.29) is 6.04 Å². The summed E-state index contributed by atoms with van der Waals surface area (Å²) in [6.45, 7) is 0.477. The molecule has 0 saturated heterocycles. The molecule has 0 amide bonds. The fourth-order valence-corrected chi connectivity index (χ4v) is 1.71. The predicted molar refractivity (Wildman–Crippen MR) is 72.6 cm³/mol. The van der Waals surface area contributed by atoms with Gasteiger partial charge in [-0.15, -0.1) is 0 Å². The zero-order chi connectivity index (χ0) is 14.3. The van der Waals surface area contributed by atoms with E-state index in [9.17, 15) is 13.2 Å². The molecule has 2 N–H and O–H groups in total. The van der Waals surface area contributed by atoms with Crippen LogP contribution in [0.1, 0.15) is 24.8 Å². The number of hydrogen-bond acceptors (Lipinski definition) is 3. The molecule has 0 heterocycles. The second-order valence-electron chi connectivity index (χ2n) is 4.31. The number of hydrogen-bond donors (Lipinski definition) is 2. The summed E-state index contributed by atoms with van der Waals surface area (Å²) in [6, 6.07) is 4.80. The van der Waals surface area contributed by atoms with Crippen LogP contribution >= 0.6 is 12.6 Å². The van der Waals surface area contributed by atoms with E-state index in [0.29, 0.717) is 18.1 Å². The molecule has 6 heteroatoms. The Morgan fingerprint density at radius 2 is 1.79 bits per heavy atom. The number of rotatable bonds is 7. The molecular weight excluding hydrogens is 275 g/mol. The Morgan fingerprint density at radius 1 is 1.16 bits per heavy atom. The van der Waals surface area contributed by atoms with Gasteiger partial charge in [-0.3, -0.25) is 0 Å². The first-order valence-electron chi connectivity index (χ1n) is 6.10. The second-order valence-corrected chi connectivity index (χ2v) is 4.67. The Labute approximate surface area is 116 Å². The van der Waals surface area contributed by atoms with Crippen molar-refractivity contribution in [3.8, 4) is 5.75 Å². The van der Waals surface area contributed by atoms with Gasteiger partial charge in [-0.1, -0.05) is 0 Å². The number of alkyl halides is 3. The molecular formula is C13H18F3NOS. The third-order valence-electron chi connectivity index (χ3n) is 2.65. The van der Waals surface area contributed by atoms with Crippen molar-refractivity contribution in [3.63, 3.8) is 0 Å². The van der Waals surface area contributed by atoms with E-state index < -0.39 is 11.7 Å². The van der Waals surface area contributed by atoms with Gasteiger partial charge in [-0.2, -0.15) is 25.8 Å². The number of benzene rings is 1. The van der Waals surface area contributed by atoms with E-state index in [2.05, 4.69) is 12.6 Å². The van der Waals surface area contributed by atoms with Crippen LogP contribution in [-0.2, 0) is 6.18 Å². The van der Waals surface area contributed by atoms with Crippen LogP contribution in [0.25, 0.3) is 0 Å². The van der Waals surface area contributed by atoms with Gasteiger partial charge in [0.15, 0.2) is 0 Å². The Morgan fingerprint density at radius 3 is 2.32 bits per heavy atom. The standard InChI is InChI=1S/C13H18F3NOS/c14-13(15,16)10-4-6-12(7-5-10)18-8-2-1-3-11(17)9-19/h4-7,11,19H,1-3,8-9,17H2. The number of nitrogens with two attached hydrogens (primary N) is 1. The van der Waals surface area contributed by atoms with Crippen LogP contribution in [0.4, 0.5) is 13.2 Å². The summed E-state index contributed by atoms with van der Waals surface area (Å²) in [6.07, 6.45) is -1.69. The summed E-state index contributed by atoms with van der Waals surface area (Å²) >= 11 is 4.08. The topological polar surface area (TPSA) is 35.2 Å². The number of ether oxygens (including phenoxy) is 1. The Kier molecular flexibility index (Phi) is 6.51. The third-order valence-corrected chi connectivity index (χ3v) is 3.12. The lowest BCUT2D eigenvalue weighted by Crippen LogP contribution is -2.21.